The normalized spacial score (nSPS) is 11.9. The van der Waals surface area contributed by atoms with E-state index in [1.807, 2.05) is 6.07 Å². The van der Waals surface area contributed by atoms with Crippen LogP contribution >= 0.6 is 0 Å². The molecule has 0 aliphatic rings. The van der Waals surface area contributed by atoms with E-state index in [2.05, 4.69) is 13.8 Å². The number of benzene rings is 1. The number of ether oxygens (including phenoxy) is 3. The van der Waals surface area contributed by atoms with Crippen molar-refractivity contribution in [3.63, 3.8) is 0 Å². The van der Waals surface area contributed by atoms with Crippen molar-refractivity contribution in [3.8, 4) is 11.5 Å². The lowest BCUT2D eigenvalue weighted by atomic mass is 9.81. The average molecular weight is 254 g/mol. The highest BCUT2D eigenvalue weighted by Crippen LogP contribution is 2.35. The molecule has 4 heteroatoms. The summed E-state index contributed by atoms with van der Waals surface area (Å²) in [4.78, 5) is 0. The summed E-state index contributed by atoms with van der Waals surface area (Å²) in [5, 5.41) is 9.82. The molecule has 0 unspecified atom stereocenters. The van der Waals surface area contributed by atoms with Gasteiger partial charge in [0.1, 0.15) is 0 Å². The predicted octanol–water partition coefficient (Wildman–Crippen LogP) is 2.69. The number of methoxy groups -OCH3 is 3. The molecule has 0 fully saturated rings. The Morgan fingerprint density at radius 1 is 1.17 bits per heavy atom. The highest BCUT2D eigenvalue weighted by Gasteiger charge is 2.26. The average Bonchev–Trinajstić information content (AvgIpc) is 2.35. The molecule has 1 N–H and O–H groups in total. The predicted molar refractivity (Wildman–Crippen MR) is 70.1 cm³/mol. The molecule has 0 saturated heterocycles. The van der Waals surface area contributed by atoms with Crippen molar-refractivity contribution >= 4 is 0 Å². The second-order valence-electron chi connectivity index (χ2n) is 4.88. The van der Waals surface area contributed by atoms with Gasteiger partial charge in [-0.05, 0) is 23.1 Å². The molecular weight excluding hydrogens is 232 g/mol. The van der Waals surface area contributed by atoms with Crippen molar-refractivity contribution in [3.05, 3.63) is 23.8 Å². The maximum absolute atomic E-state index is 9.82. The van der Waals surface area contributed by atoms with E-state index >= 15 is 0 Å². The molecule has 0 heterocycles. The lowest BCUT2D eigenvalue weighted by Gasteiger charge is -2.29. The van der Waals surface area contributed by atoms with Crippen LogP contribution < -0.4 is 4.74 Å². The molecule has 0 bridgehead atoms. The highest BCUT2D eigenvalue weighted by atomic mass is 16.7. The molecule has 1 aromatic rings. The van der Waals surface area contributed by atoms with Crippen molar-refractivity contribution in [1.29, 1.82) is 0 Å². The molecule has 1 aromatic carbocycles. The monoisotopic (exact) mass is 254 g/mol. The van der Waals surface area contributed by atoms with Crippen LogP contribution in [0.4, 0.5) is 0 Å². The van der Waals surface area contributed by atoms with Crippen molar-refractivity contribution in [1.82, 2.24) is 0 Å². The van der Waals surface area contributed by atoms with Crippen molar-refractivity contribution in [2.24, 2.45) is 0 Å². The third-order valence-corrected chi connectivity index (χ3v) is 3.16. The minimum absolute atomic E-state index is 0.148. The molecule has 0 radical (unpaired) electrons. The first-order valence-corrected chi connectivity index (χ1v) is 5.87. The first kappa shape index (κ1) is 14.8. The minimum atomic E-state index is -0.260. The van der Waals surface area contributed by atoms with E-state index < -0.39 is 0 Å². The zero-order chi connectivity index (χ0) is 13.8. The molecule has 0 aromatic heterocycles. The second-order valence-corrected chi connectivity index (χ2v) is 4.88. The molecule has 0 aliphatic carbocycles. The third kappa shape index (κ3) is 3.37. The standard InChI is InChI=1S/C14H22O4/c1-14(2,9-13(17-4)18-5)10-6-7-12(16-3)11(15)8-10/h6-8,13,15H,9H2,1-5H3. The van der Waals surface area contributed by atoms with Gasteiger partial charge < -0.3 is 19.3 Å². The van der Waals surface area contributed by atoms with Crippen LogP contribution in [-0.2, 0) is 14.9 Å². The fourth-order valence-corrected chi connectivity index (χ4v) is 1.91. The van der Waals surface area contributed by atoms with Gasteiger partial charge in [0.15, 0.2) is 17.8 Å². The summed E-state index contributed by atoms with van der Waals surface area (Å²) in [6, 6.07) is 5.43. The van der Waals surface area contributed by atoms with Crippen LogP contribution in [0, 0.1) is 0 Å². The molecule has 102 valence electrons. The smallest absolute Gasteiger partial charge is 0.160 e. The van der Waals surface area contributed by atoms with E-state index in [1.54, 1.807) is 26.4 Å². The van der Waals surface area contributed by atoms with Gasteiger partial charge in [-0.3, -0.25) is 0 Å². The van der Waals surface area contributed by atoms with Gasteiger partial charge in [-0.1, -0.05) is 19.9 Å². The quantitative estimate of drug-likeness (QED) is 0.793. The van der Waals surface area contributed by atoms with Crippen LogP contribution in [0.5, 0.6) is 11.5 Å². The Labute approximate surface area is 108 Å². The molecule has 18 heavy (non-hydrogen) atoms. The first-order valence-electron chi connectivity index (χ1n) is 5.87. The summed E-state index contributed by atoms with van der Waals surface area (Å²) in [6.45, 7) is 4.17. The van der Waals surface area contributed by atoms with Crippen molar-refractivity contribution < 1.29 is 19.3 Å². The minimum Gasteiger partial charge on any atom is -0.504 e. The Kier molecular flexibility index (Phi) is 4.99. The summed E-state index contributed by atoms with van der Waals surface area (Å²) in [5.41, 5.74) is 0.848. The second kappa shape index (κ2) is 6.07. The number of hydrogen-bond acceptors (Lipinski definition) is 4. The van der Waals surface area contributed by atoms with E-state index in [1.165, 1.54) is 7.11 Å². The summed E-state index contributed by atoms with van der Waals surface area (Å²) in [5.74, 6) is 0.624. The van der Waals surface area contributed by atoms with Gasteiger partial charge in [0.05, 0.1) is 7.11 Å². The SMILES string of the molecule is COc1ccc(C(C)(C)CC(OC)OC)cc1O. The largest absolute Gasteiger partial charge is 0.504 e. The fraction of sp³-hybridized carbons (Fsp3) is 0.571. The summed E-state index contributed by atoms with van der Waals surface area (Å²) < 4.78 is 15.5. The van der Waals surface area contributed by atoms with E-state index in [9.17, 15) is 5.11 Å². The molecule has 1 rings (SSSR count). The van der Waals surface area contributed by atoms with E-state index in [4.69, 9.17) is 14.2 Å². The zero-order valence-corrected chi connectivity index (χ0v) is 11.7. The summed E-state index contributed by atoms with van der Waals surface area (Å²) >= 11 is 0. The summed E-state index contributed by atoms with van der Waals surface area (Å²) in [6.07, 6.45) is 0.440. The Morgan fingerprint density at radius 2 is 1.78 bits per heavy atom. The first-order chi connectivity index (χ1) is 8.44. The van der Waals surface area contributed by atoms with Crippen LogP contribution in [0.2, 0.25) is 0 Å². The Morgan fingerprint density at radius 3 is 2.22 bits per heavy atom. The number of rotatable bonds is 6. The Bertz CT molecular complexity index is 383. The van der Waals surface area contributed by atoms with Crippen LogP contribution in [0.25, 0.3) is 0 Å². The van der Waals surface area contributed by atoms with Crippen LogP contribution in [0.3, 0.4) is 0 Å². The summed E-state index contributed by atoms with van der Waals surface area (Å²) in [7, 11) is 4.78. The Balaban J connectivity index is 2.93. The lowest BCUT2D eigenvalue weighted by Crippen LogP contribution is -2.27. The van der Waals surface area contributed by atoms with Gasteiger partial charge in [0.2, 0.25) is 0 Å². The van der Waals surface area contributed by atoms with Gasteiger partial charge in [-0.2, -0.15) is 0 Å². The lowest BCUT2D eigenvalue weighted by molar-refractivity contribution is -0.115. The zero-order valence-electron chi connectivity index (χ0n) is 11.7. The molecule has 0 saturated carbocycles. The third-order valence-electron chi connectivity index (χ3n) is 3.16. The van der Waals surface area contributed by atoms with Crippen LogP contribution in [0.15, 0.2) is 18.2 Å². The molecule has 0 aliphatic heterocycles. The van der Waals surface area contributed by atoms with E-state index in [0.29, 0.717) is 12.2 Å². The fourth-order valence-electron chi connectivity index (χ4n) is 1.91. The number of aromatic hydroxyl groups is 1. The van der Waals surface area contributed by atoms with Crippen molar-refractivity contribution in [2.75, 3.05) is 21.3 Å². The van der Waals surface area contributed by atoms with E-state index in [-0.39, 0.29) is 17.5 Å². The highest BCUT2D eigenvalue weighted by molar-refractivity contribution is 5.43. The molecule has 0 amide bonds. The number of hydrogen-bond donors (Lipinski definition) is 1. The Hall–Kier alpha value is -1.26. The van der Waals surface area contributed by atoms with Gasteiger partial charge in [-0.15, -0.1) is 0 Å². The van der Waals surface area contributed by atoms with Gasteiger partial charge in [0, 0.05) is 20.6 Å². The van der Waals surface area contributed by atoms with Crippen LogP contribution in [0.1, 0.15) is 25.8 Å². The maximum Gasteiger partial charge on any atom is 0.160 e. The molecular formula is C14H22O4. The van der Waals surface area contributed by atoms with Crippen LogP contribution in [-0.4, -0.2) is 32.7 Å². The number of phenolic OH excluding ortho intramolecular Hbond substituents is 1. The molecule has 0 spiro atoms. The molecule has 0 atom stereocenters. The topological polar surface area (TPSA) is 47.9 Å². The number of phenols is 1. The van der Waals surface area contributed by atoms with Gasteiger partial charge in [-0.25, -0.2) is 0 Å². The maximum atomic E-state index is 9.82. The molecule has 4 nitrogen and oxygen atoms in total. The van der Waals surface area contributed by atoms with Gasteiger partial charge >= 0.3 is 0 Å². The van der Waals surface area contributed by atoms with Crippen molar-refractivity contribution in [2.45, 2.75) is 32.0 Å². The van der Waals surface area contributed by atoms with E-state index in [0.717, 1.165) is 5.56 Å². The van der Waals surface area contributed by atoms with Gasteiger partial charge in [0.25, 0.3) is 0 Å².